The number of carboxylic acids is 3. The number of hydrogen-bond acceptors (Lipinski definition) is 20. The van der Waals surface area contributed by atoms with Crippen LogP contribution in [0.5, 0.6) is 11.5 Å². The number of anilines is 5. The normalized spacial score (nSPS) is 11.6. The number of methoxy groups -OCH3 is 2. The lowest BCUT2D eigenvalue weighted by Gasteiger charge is -2.17. The monoisotopic (exact) mass is 1020 g/mol. The number of ether oxygens (including phenoxy) is 2. The summed E-state index contributed by atoms with van der Waals surface area (Å²) in [5, 5.41) is 74.8. The smallest absolute Gasteiger partial charge is 0.335 e. The van der Waals surface area contributed by atoms with Gasteiger partial charge in [-0.05, 0) is 90.3 Å². The molecule has 2 heterocycles. The molecular formula is C44H33N10O14S3-. The van der Waals surface area contributed by atoms with Crippen molar-refractivity contribution in [1.29, 1.82) is 10.5 Å². The lowest BCUT2D eigenvalue weighted by molar-refractivity contribution is -0.138. The van der Waals surface area contributed by atoms with Crippen LogP contribution < -0.4 is 25.4 Å². The van der Waals surface area contributed by atoms with E-state index in [-0.39, 0.29) is 101 Å². The van der Waals surface area contributed by atoms with Crippen LogP contribution in [0.4, 0.5) is 50.1 Å². The maximum Gasteiger partial charge on any atom is 0.335 e. The Labute approximate surface area is 407 Å². The second kappa shape index (κ2) is 22.0. The Bertz CT molecular complexity index is 3420. The average molecular weight is 1020 g/mol. The van der Waals surface area contributed by atoms with Gasteiger partial charge in [0.2, 0.25) is 5.91 Å². The first-order valence-electron chi connectivity index (χ1n) is 19.8. The van der Waals surface area contributed by atoms with Crippen molar-refractivity contribution in [2.45, 2.75) is 29.6 Å². The molecule has 0 saturated heterocycles. The molecule has 6 aromatic rings. The Morgan fingerprint density at radius 2 is 1.39 bits per heavy atom. The van der Waals surface area contributed by atoms with Gasteiger partial charge >= 0.3 is 17.9 Å². The maximum absolute atomic E-state index is 12.6. The number of rotatable bonds is 19. The molecule has 362 valence electrons. The number of azo groups is 2. The zero-order chi connectivity index (χ0) is 51.7. The van der Waals surface area contributed by atoms with Crippen LogP contribution >= 0.6 is 11.3 Å². The second-order valence-corrected chi connectivity index (χ2v) is 17.6. The van der Waals surface area contributed by atoms with Gasteiger partial charge in [0.15, 0.2) is 16.6 Å². The lowest BCUT2D eigenvalue weighted by atomic mass is 10.0. The van der Waals surface area contributed by atoms with Gasteiger partial charge in [-0.2, -0.15) is 18.9 Å². The van der Waals surface area contributed by atoms with E-state index in [1.807, 2.05) is 6.07 Å². The van der Waals surface area contributed by atoms with E-state index in [1.54, 1.807) is 0 Å². The van der Waals surface area contributed by atoms with E-state index in [4.69, 9.17) is 14.6 Å². The van der Waals surface area contributed by atoms with Crippen LogP contribution in [0, 0.1) is 29.6 Å². The number of nitrogens with zero attached hydrogens (tertiary/aromatic N) is 7. The first-order valence-corrected chi connectivity index (χ1v) is 23.1. The van der Waals surface area contributed by atoms with Gasteiger partial charge in [0.1, 0.15) is 44.8 Å². The predicted octanol–water partition coefficient (Wildman–Crippen LogP) is 8.88. The Kier molecular flexibility index (Phi) is 15.9. The van der Waals surface area contributed by atoms with Gasteiger partial charge in [0.05, 0.1) is 47.9 Å². The van der Waals surface area contributed by atoms with Crippen LogP contribution in [0.25, 0.3) is 11.1 Å². The summed E-state index contributed by atoms with van der Waals surface area (Å²) in [6.45, 7) is 1.45. The van der Waals surface area contributed by atoms with Gasteiger partial charge in [0.25, 0.3) is 10.1 Å². The summed E-state index contributed by atoms with van der Waals surface area (Å²) in [4.78, 5) is 51.1. The minimum absolute atomic E-state index is 0.00207. The molecule has 4 aromatic carbocycles. The Balaban J connectivity index is 1.55. The molecule has 0 aliphatic heterocycles. The van der Waals surface area contributed by atoms with Gasteiger partial charge in [-0.3, -0.25) is 18.4 Å². The van der Waals surface area contributed by atoms with Crippen LogP contribution in [-0.4, -0.2) is 80.1 Å². The highest BCUT2D eigenvalue weighted by Crippen LogP contribution is 2.49. The maximum atomic E-state index is 12.6. The van der Waals surface area contributed by atoms with Gasteiger partial charge < -0.3 is 45.3 Å². The van der Waals surface area contributed by atoms with Crippen molar-refractivity contribution in [2.24, 2.45) is 20.5 Å². The second-order valence-electron chi connectivity index (χ2n) is 14.3. The summed E-state index contributed by atoms with van der Waals surface area (Å²) in [5.74, 6) is -5.32. The van der Waals surface area contributed by atoms with Crippen molar-refractivity contribution in [2.75, 3.05) is 30.2 Å². The number of pyridine rings is 1. The summed E-state index contributed by atoms with van der Waals surface area (Å²) >= 11 is -2.06. The molecule has 0 radical (unpaired) electrons. The number of carbonyl (C=O) groups excluding carboxylic acids is 1. The van der Waals surface area contributed by atoms with Crippen LogP contribution in [0.2, 0.25) is 0 Å². The van der Waals surface area contributed by atoms with E-state index in [0.29, 0.717) is 0 Å². The van der Waals surface area contributed by atoms with E-state index in [9.17, 15) is 61.6 Å². The topological polar surface area (TPSA) is 388 Å². The van der Waals surface area contributed by atoms with Crippen molar-refractivity contribution in [1.82, 2.24) is 4.98 Å². The van der Waals surface area contributed by atoms with E-state index >= 15 is 0 Å². The minimum atomic E-state index is -4.82. The van der Waals surface area contributed by atoms with Crippen molar-refractivity contribution in [3.05, 3.63) is 107 Å². The lowest BCUT2D eigenvalue weighted by Crippen LogP contribution is -2.13. The number of carboxylic acid groups (broad SMARTS) is 3. The molecule has 71 heavy (non-hydrogen) atoms. The van der Waals surface area contributed by atoms with E-state index in [1.165, 1.54) is 75.7 Å². The number of thiophene rings is 1. The van der Waals surface area contributed by atoms with Gasteiger partial charge in [-0.1, -0.05) is 23.5 Å². The largest absolute Gasteiger partial charge is 0.768 e. The molecule has 0 aliphatic rings. The van der Waals surface area contributed by atoms with Gasteiger partial charge in [-0.25, -0.2) is 14.6 Å². The highest BCUT2D eigenvalue weighted by atomic mass is 32.2. The molecule has 1 unspecified atom stereocenters. The zero-order valence-corrected chi connectivity index (χ0v) is 39.1. The standard InChI is InChI=1S/C44H34N10O14S3/c1-21-29(19-45)39(48-27-8-10-32(68-3)34(18-27)71(64,65)66)50-40(49-26-7-9-31(67-2)33(17-26)70(62)63)38(21)52-53-41-30(20-46)37(22-5-4-6-25(14-22)47-35(55)11-12-36(56)57)42(69-41)54-51-28-15-23(43(58)59)13-24(16-28)44(60)61/h4-10,13-18H,11-12H2,1-3H3,(H,47,55)(H,56,57)(H,58,59)(H,60,61)(H,62,63)(H2,48,49,50)(H,64,65,66)/p-1. The third-order valence-corrected chi connectivity index (χ3v) is 12.2. The van der Waals surface area contributed by atoms with Crippen molar-refractivity contribution in [3.8, 4) is 34.8 Å². The molecule has 7 N–H and O–H groups in total. The predicted molar refractivity (Wildman–Crippen MR) is 252 cm³/mol. The molecular weight excluding hydrogens is 989 g/mol. The minimum Gasteiger partial charge on any atom is -0.768 e. The fraction of sp³-hybridized carbons (Fsp3) is 0.114. The van der Waals surface area contributed by atoms with E-state index in [0.717, 1.165) is 35.6 Å². The third-order valence-electron chi connectivity index (χ3n) is 9.73. The summed E-state index contributed by atoms with van der Waals surface area (Å²) in [7, 11) is -2.37. The third kappa shape index (κ3) is 12.2. The first kappa shape index (κ1) is 51.4. The molecule has 27 heteroatoms. The van der Waals surface area contributed by atoms with Crippen molar-refractivity contribution < 1.29 is 65.7 Å². The number of carbonyl (C=O) groups is 4. The highest BCUT2D eigenvalue weighted by Gasteiger charge is 2.25. The fourth-order valence-electron chi connectivity index (χ4n) is 6.48. The Hall–Kier alpha value is -8.99. The molecule has 0 saturated carbocycles. The number of amides is 1. The number of nitrogens with one attached hydrogen (secondary N) is 3. The molecule has 0 aliphatic carbocycles. The average Bonchev–Trinajstić information content (AvgIpc) is 3.69. The molecule has 0 spiro atoms. The summed E-state index contributed by atoms with van der Waals surface area (Å²) in [6.07, 6.45) is -0.812. The molecule has 1 amide bonds. The number of benzene rings is 4. The Morgan fingerprint density at radius 1 is 0.775 bits per heavy atom. The Morgan fingerprint density at radius 3 is 1.99 bits per heavy atom. The molecule has 1 atom stereocenters. The summed E-state index contributed by atoms with van der Waals surface area (Å²) < 4.78 is 68.9. The number of aromatic carboxylic acids is 2. The van der Waals surface area contributed by atoms with E-state index < -0.39 is 67.5 Å². The van der Waals surface area contributed by atoms with Crippen LogP contribution in [-0.2, 0) is 30.8 Å². The SMILES string of the molecule is COc1ccc(Nc2nc(Nc3ccc(OC)c(S(=O)(=O)O)c3)c(C#N)c(C)c2N=Nc2sc(N=Nc3cc(C(=O)O)cc(C(=O)O)c3)c(-c3cccc(NC(=O)CCC(=O)O)c3)c2C#N)cc1S(=O)[O-]. The van der Waals surface area contributed by atoms with Crippen molar-refractivity contribution in [3.63, 3.8) is 0 Å². The van der Waals surface area contributed by atoms with Gasteiger partial charge in [-0.15, -0.1) is 20.5 Å². The quantitative estimate of drug-likeness (QED) is 0.0226. The molecule has 6 rings (SSSR count). The molecule has 0 bridgehead atoms. The summed E-state index contributed by atoms with van der Waals surface area (Å²) in [5.41, 5.74) is -0.885. The van der Waals surface area contributed by atoms with Crippen LogP contribution in [0.15, 0.2) is 109 Å². The highest BCUT2D eigenvalue weighted by molar-refractivity contribution is 7.86. The van der Waals surface area contributed by atoms with Gasteiger partial charge in [0, 0.05) is 34.6 Å². The first-order chi connectivity index (χ1) is 33.7. The number of hydrogen-bond donors (Lipinski definition) is 7. The zero-order valence-electron chi connectivity index (χ0n) is 36.6. The fourth-order valence-corrected chi connectivity index (χ4v) is 8.61. The number of aliphatic carboxylic acids is 1. The van der Waals surface area contributed by atoms with Crippen LogP contribution in [0.1, 0.15) is 50.2 Å². The number of nitriles is 2. The molecule has 2 aromatic heterocycles. The number of aromatic nitrogens is 1. The molecule has 0 fully saturated rings. The van der Waals surface area contributed by atoms with E-state index in [2.05, 4.69) is 47.5 Å². The summed E-state index contributed by atoms with van der Waals surface area (Å²) in [6, 6.07) is 20.7. The van der Waals surface area contributed by atoms with Crippen molar-refractivity contribution >= 4 is 106 Å². The van der Waals surface area contributed by atoms with Crippen LogP contribution in [0.3, 0.4) is 0 Å². The molecule has 24 nitrogen and oxygen atoms in total.